The molecular formula is C26H43N3O5. The van der Waals surface area contributed by atoms with Crippen molar-refractivity contribution in [3.05, 3.63) is 34.9 Å². The second-order valence-corrected chi connectivity index (χ2v) is 11.7. The van der Waals surface area contributed by atoms with Gasteiger partial charge >= 0.3 is 6.09 Å². The number of ether oxygens (including phenoxy) is 1. The average molecular weight is 478 g/mol. The van der Waals surface area contributed by atoms with Gasteiger partial charge < -0.3 is 25.4 Å². The molecule has 0 heterocycles. The zero-order valence-corrected chi connectivity index (χ0v) is 22.6. The summed E-state index contributed by atoms with van der Waals surface area (Å²) in [5.41, 5.74) is 0.290. The van der Waals surface area contributed by atoms with Gasteiger partial charge in [0.25, 0.3) is 0 Å². The van der Waals surface area contributed by atoms with Crippen molar-refractivity contribution < 1.29 is 24.2 Å². The molecule has 1 aromatic rings. The molecule has 2 atom stereocenters. The predicted octanol–water partition coefficient (Wildman–Crippen LogP) is 3.77. The van der Waals surface area contributed by atoms with Gasteiger partial charge in [0.15, 0.2) is 0 Å². The molecule has 1 aromatic carbocycles. The Hall–Kier alpha value is -2.61. The summed E-state index contributed by atoms with van der Waals surface area (Å²) < 4.78 is 5.27. The molecule has 0 aliphatic heterocycles. The van der Waals surface area contributed by atoms with Gasteiger partial charge in [-0.25, -0.2) is 4.79 Å². The number of carbonyl (C=O) groups is 3. The van der Waals surface area contributed by atoms with Gasteiger partial charge in [0.05, 0.1) is 6.61 Å². The first kappa shape index (κ1) is 29.4. The van der Waals surface area contributed by atoms with Crippen molar-refractivity contribution in [3.63, 3.8) is 0 Å². The first-order valence-corrected chi connectivity index (χ1v) is 11.6. The first-order valence-electron chi connectivity index (χ1n) is 11.6. The van der Waals surface area contributed by atoms with E-state index in [0.29, 0.717) is 5.56 Å². The summed E-state index contributed by atoms with van der Waals surface area (Å²) in [7, 11) is 0. The number of hydrogen-bond donors (Lipinski definition) is 3. The van der Waals surface area contributed by atoms with E-state index in [4.69, 9.17) is 4.74 Å². The maximum atomic E-state index is 13.8. The molecule has 0 saturated heterocycles. The highest BCUT2D eigenvalue weighted by Gasteiger charge is 2.43. The Labute approximate surface area is 204 Å². The van der Waals surface area contributed by atoms with Crippen molar-refractivity contribution in [2.75, 3.05) is 6.61 Å². The lowest BCUT2D eigenvalue weighted by Crippen LogP contribution is -2.60. The van der Waals surface area contributed by atoms with Crippen LogP contribution in [0.15, 0.2) is 18.2 Å². The molecule has 8 heteroatoms. The molecule has 0 aliphatic carbocycles. The van der Waals surface area contributed by atoms with Gasteiger partial charge in [-0.1, -0.05) is 18.2 Å². The Morgan fingerprint density at radius 3 is 1.85 bits per heavy atom. The van der Waals surface area contributed by atoms with Crippen LogP contribution >= 0.6 is 0 Å². The Morgan fingerprint density at radius 2 is 1.47 bits per heavy atom. The van der Waals surface area contributed by atoms with Crippen LogP contribution in [0.4, 0.5) is 4.79 Å². The summed E-state index contributed by atoms with van der Waals surface area (Å²) in [6.45, 7) is 19.3. The predicted molar refractivity (Wildman–Crippen MR) is 133 cm³/mol. The number of aliphatic hydroxyl groups excluding tert-OH is 1. The molecule has 1 rings (SSSR count). The van der Waals surface area contributed by atoms with Gasteiger partial charge in [-0.05, 0) is 92.9 Å². The molecule has 0 fully saturated rings. The normalized spacial score (nSPS) is 14.1. The van der Waals surface area contributed by atoms with Gasteiger partial charge in [-0.15, -0.1) is 0 Å². The average Bonchev–Trinajstić information content (AvgIpc) is 2.60. The van der Waals surface area contributed by atoms with E-state index in [-0.39, 0.29) is 5.91 Å². The summed E-state index contributed by atoms with van der Waals surface area (Å²) in [5.74, 6) is -0.931. The molecule has 3 N–H and O–H groups in total. The molecule has 0 aliphatic rings. The number of aliphatic hydroxyl groups is 1. The van der Waals surface area contributed by atoms with E-state index < -0.39 is 47.4 Å². The van der Waals surface area contributed by atoms with Crippen LogP contribution in [0.25, 0.3) is 0 Å². The standard InChI is InChI=1S/C26H43N3O5/c1-16-13-12-14-17(2)19(16)20(21(31)28-24(3,4)5)29(25(6,7)8)22(32)18(15-30)27-23(33)34-26(9,10)11/h12-14,18,20,30H,15H2,1-11H3,(H,27,33)(H,28,31). The van der Waals surface area contributed by atoms with E-state index in [1.54, 1.807) is 20.8 Å². The molecule has 34 heavy (non-hydrogen) atoms. The van der Waals surface area contributed by atoms with Crippen LogP contribution in [0.1, 0.15) is 85.0 Å². The summed E-state index contributed by atoms with van der Waals surface area (Å²) in [4.78, 5) is 41.4. The summed E-state index contributed by atoms with van der Waals surface area (Å²) in [6.07, 6.45) is -0.823. The van der Waals surface area contributed by atoms with Crippen molar-refractivity contribution in [3.8, 4) is 0 Å². The SMILES string of the molecule is Cc1cccc(C)c1C(C(=O)NC(C)(C)C)N(C(=O)C(CO)NC(=O)OC(C)(C)C)C(C)(C)C. The largest absolute Gasteiger partial charge is 0.444 e. The number of nitrogens with zero attached hydrogens (tertiary/aromatic N) is 1. The number of benzene rings is 1. The lowest BCUT2D eigenvalue weighted by molar-refractivity contribution is -0.149. The smallest absolute Gasteiger partial charge is 0.408 e. The molecule has 8 nitrogen and oxygen atoms in total. The molecule has 0 spiro atoms. The second-order valence-electron chi connectivity index (χ2n) is 11.7. The van der Waals surface area contributed by atoms with E-state index in [0.717, 1.165) is 11.1 Å². The van der Waals surface area contributed by atoms with Gasteiger partial charge in [0.2, 0.25) is 11.8 Å². The molecule has 0 bridgehead atoms. The van der Waals surface area contributed by atoms with Crippen LogP contribution in [0.5, 0.6) is 0 Å². The lowest BCUT2D eigenvalue weighted by atomic mass is 9.89. The third-order valence-electron chi connectivity index (χ3n) is 4.95. The third kappa shape index (κ3) is 8.31. The van der Waals surface area contributed by atoms with E-state index in [2.05, 4.69) is 10.6 Å². The third-order valence-corrected chi connectivity index (χ3v) is 4.95. The molecule has 0 aromatic heterocycles. The number of aryl methyl sites for hydroxylation is 2. The maximum Gasteiger partial charge on any atom is 0.408 e. The highest BCUT2D eigenvalue weighted by molar-refractivity contribution is 5.93. The van der Waals surface area contributed by atoms with Crippen molar-refractivity contribution in [2.45, 2.75) is 105 Å². The fourth-order valence-electron chi connectivity index (χ4n) is 3.72. The quantitative estimate of drug-likeness (QED) is 0.578. The minimum atomic E-state index is -1.29. The highest BCUT2D eigenvalue weighted by atomic mass is 16.6. The highest BCUT2D eigenvalue weighted by Crippen LogP contribution is 2.34. The van der Waals surface area contributed by atoms with Crippen molar-refractivity contribution in [1.82, 2.24) is 15.5 Å². The fraction of sp³-hybridized carbons (Fsp3) is 0.654. The minimum absolute atomic E-state index is 0.345. The fourth-order valence-corrected chi connectivity index (χ4v) is 3.72. The Bertz CT molecular complexity index is 871. The van der Waals surface area contributed by atoms with E-state index in [9.17, 15) is 19.5 Å². The van der Waals surface area contributed by atoms with Crippen LogP contribution in [0, 0.1) is 13.8 Å². The topological polar surface area (TPSA) is 108 Å². The monoisotopic (exact) mass is 477 g/mol. The zero-order valence-electron chi connectivity index (χ0n) is 22.6. The summed E-state index contributed by atoms with van der Waals surface area (Å²) in [6, 6.07) is 3.42. The first-order chi connectivity index (χ1) is 15.3. The van der Waals surface area contributed by atoms with Gasteiger partial charge in [0, 0.05) is 11.1 Å². The zero-order chi connectivity index (χ0) is 26.6. The Balaban J connectivity index is 3.62. The van der Waals surface area contributed by atoms with Gasteiger partial charge in [0.1, 0.15) is 17.7 Å². The summed E-state index contributed by atoms with van der Waals surface area (Å²) >= 11 is 0. The van der Waals surface area contributed by atoms with Crippen LogP contribution in [0.2, 0.25) is 0 Å². The minimum Gasteiger partial charge on any atom is -0.444 e. The number of carbonyl (C=O) groups excluding carboxylic acids is 3. The lowest BCUT2D eigenvalue weighted by Gasteiger charge is -2.44. The van der Waals surface area contributed by atoms with Crippen molar-refractivity contribution in [2.24, 2.45) is 0 Å². The number of nitrogens with one attached hydrogen (secondary N) is 2. The number of rotatable bonds is 6. The Morgan fingerprint density at radius 1 is 0.971 bits per heavy atom. The van der Waals surface area contributed by atoms with Crippen molar-refractivity contribution >= 4 is 17.9 Å². The van der Waals surface area contributed by atoms with Crippen LogP contribution in [0.3, 0.4) is 0 Å². The Kier molecular flexibility index (Phi) is 9.31. The maximum absolute atomic E-state index is 13.8. The number of hydrogen-bond acceptors (Lipinski definition) is 5. The number of amides is 3. The molecule has 3 amide bonds. The van der Waals surface area contributed by atoms with E-state index in [1.165, 1.54) is 4.90 Å². The van der Waals surface area contributed by atoms with Gasteiger partial charge in [-0.2, -0.15) is 0 Å². The second kappa shape index (κ2) is 10.8. The molecule has 192 valence electrons. The molecular weight excluding hydrogens is 434 g/mol. The van der Waals surface area contributed by atoms with E-state index >= 15 is 0 Å². The van der Waals surface area contributed by atoms with Crippen LogP contribution in [-0.2, 0) is 14.3 Å². The molecule has 2 unspecified atom stereocenters. The molecule has 0 radical (unpaired) electrons. The summed E-state index contributed by atoms with van der Waals surface area (Å²) in [5, 5.41) is 15.5. The van der Waals surface area contributed by atoms with Crippen LogP contribution in [-0.4, -0.2) is 57.2 Å². The van der Waals surface area contributed by atoms with Crippen molar-refractivity contribution in [1.29, 1.82) is 0 Å². The van der Waals surface area contributed by atoms with Gasteiger partial charge in [-0.3, -0.25) is 9.59 Å². The van der Waals surface area contributed by atoms with Crippen LogP contribution < -0.4 is 10.6 Å². The molecule has 0 saturated carbocycles. The number of alkyl carbamates (subject to hydrolysis) is 1. The van der Waals surface area contributed by atoms with E-state index in [1.807, 2.05) is 73.6 Å².